The summed E-state index contributed by atoms with van der Waals surface area (Å²) in [5.74, 6) is 1.49. The molecule has 2 saturated heterocycles. The number of halogens is 1. The average molecular weight is 667 g/mol. The zero-order valence-electron chi connectivity index (χ0n) is 27.4. The number of nitrogens with one attached hydrogen (secondary N) is 1. The van der Waals surface area contributed by atoms with Crippen LogP contribution in [0.3, 0.4) is 0 Å². The second-order valence-corrected chi connectivity index (χ2v) is 14.0. The second kappa shape index (κ2) is 11.8. The number of nitrogens with zero attached hydrogens (tertiary/aromatic N) is 7. The van der Waals surface area contributed by atoms with Crippen molar-refractivity contribution < 1.29 is 19.0 Å². The molecule has 2 unspecified atom stereocenters. The summed E-state index contributed by atoms with van der Waals surface area (Å²) >= 11 is 0. The number of piperazine rings is 1. The van der Waals surface area contributed by atoms with Gasteiger partial charge < -0.3 is 34.1 Å². The van der Waals surface area contributed by atoms with Crippen molar-refractivity contribution in [2.24, 2.45) is 7.05 Å². The standard InChI is InChI=1S/C36H39FN8O4/c1-41-17-23(13-29(35(41)47)38-32-4-5-33(40-39-32)43-8-6-42(7-9-43)25-19-49-20-25)26-14-24(37)15-30(28(26)18-46)45-11-10-44-31(36(45)48)16-27-21-2-3-22(12-21)34(27)44/h4-5,13-17,21-22,25,46H,2-3,6-12,18-20H2,1H3,(H,38,39). The quantitative estimate of drug-likeness (QED) is 0.305. The Morgan fingerprint density at radius 3 is 2.53 bits per heavy atom. The maximum Gasteiger partial charge on any atom is 0.274 e. The molecule has 9 rings (SSSR count). The molecule has 49 heavy (non-hydrogen) atoms. The van der Waals surface area contributed by atoms with Gasteiger partial charge in [0, 0.05) is 75.3 Å². The third-order valence-corrected chi connectivity index (χ3v) is 11.3. The molecule has 2 atom stereocenters. The number of anilines is 4. The van der Waals surface area contributed by atoms with E-state index in [0.717, 1.165) is 45.2 Å². The molecule has 6 heterocycles. The summed E-state index contributed by atoms with van der Waals surface area (Å²) in [4.78, 5) is 33.4. The van der Waals surface area contributed by atoms with E-state index in [1.807, 2.05) is 12.1 Å². The van der Waals surface area contributed by atoms with Crippen molar-refractivity contribution in [2.75, 3.05) is 61.1 Å². The lowest BCUT2D eigenvalue weighted by Crippen LogP contribution is -2.56. The van der Waals surface area contributed by atoms with E-state index in [-0.39, 0.29) is 17.2 Å². The fourth-order valence-corrected chi connectivity index (χ4v) is 8.65. The van der Waals surface area contributed by atoms with Crippen LogP contribution in [0.15, 0.2) is 47.4 Å². The molecular formula is C36H39FN8O4. The minimum atomic E-state index is -0.539. The number of carbonyl (C=O) groups excluding carboxylic acids is 1. The number of aromatic nitrogens is 4. The van der Waals surface area contributed by atoms with Gasteiger partial charge in [0.05, 0.1) is 31.5 Å². The van der Waals surface area contributed by atoms with Crippen molar-refractivity contribution in [3.8, 4) is 11.1 Å². The summed E-state index contributed by atoms with van der Waals surface area (Å²) in [6.45, 7) is 5.77. The van der Waals surface area contributed by atoms with E-state index in [4.69, 9.17) is 4.74 Å². The van der Waals surface area contributed by atoms with Gasteiger partial charge in [-0.3, -0.25) is 14.5 Å². The van der Waals surface area contributed by atoms with Crippen LogP contribution in [0.2, 0.25) is 0 Å². The SMILES string of the molecule is Cn1cc(-c2cc(F)cc(N3CCn4c(cc5c4C4CCC5C4)C3=O)c2CO)cc(Nc2ccc(N3CCN(C4COC4)CC3)nn2)c1=O. The van der Waals surface area contributed by atoms with Crippen LogP contribution in [0.1, 0.15) is 58.4 Å². The Labute approximate surface area is 282 Å². The summed E-state index contributed by atoms with van der Waals surface area (Å²) < 4.78 is 24.3. The number of ether oxygens (including phenoxy) is 1. The van der Waals surface area contributed by atoms with E-state index in [1.54, 1.807) is 30.3 Å². The van der Waals surface area contributed by atoms with E-state index in [0.29, 0.717) is 64.9 Å². The number of aliphatic hydroxyl groups excluding tert-OH is 1. The lowest BCUT2D eigenvalue weighted by atomic mass is 9.97. The predicted octanol–water partition coefficient (Wildman–Crippen LogP) is 3.56. The van der Waals surface area contributed by atoms with Crippen LogP contribution in [0.4, 0.5) is 27.4 Å². The van der Waals surface area contributed by atoms with Gasteiger partial charge in [0.2, 0.25) is 0 Å². The van der Waals surface area contributed by atoms with Gasteiger partial charge in [-0.2, -0.15) is 0 Å². The average Bonchev–Trinajstić information content (AvgIpc) is 3.81. The number of aliphatic hydroxyl groups is 1. The molecule has 2 aliphatic carbocycles. The molecule has 3 aromatic heterocycles. The zero-order chi connectivity index (χ0) is 33.4. The number of pyridine rings is 1. The first kappa shape index (κ1) is 30.5. The lowest BCUT2D eigenvalue weighted by Gasteiger charge is -2.42. The Hall–Kier alpha value is -4.59. The molecular weight excluding hydrogens is 627 g/mol. The summed E-state index contributed by atoms with van der Waals surface area (Å²) in [5, 5.41) is 22.6. The van der Waals surface area contributed by atoms with Crippen molar-refractivity contribution in [3.63, 3.8) is 0 Å². The van der Waals surface area contributed by atoms with Crippen molar-refractivity contribution in [2.45, 2.75) is 50.3 Å². The molecule has 12 nitrogen and oxygen atoms in total. The smallest absolute Gasteiger partial charge is 0.274 e. The van der Waals surface area contributed by atoms with Crippen LogP contribution in [0, 0.1) is 5.82 Å². The molecule has 2 N–H and O–H groups in total. The van der Waals surface area contributed by atoms with Crippen LogP contribution < -0.4 is 20.7 Å². The van der Waals surface area contributed by atoms with Gasteiger partial charge in [0.25, 0.3) is 11.5 Å². The number of aryl methyl sites for hydroxylation is 1. The lowest BCUT2D eigenvalue weighted by molar-refractivity contribution is -0.0661. The van der Waals surface area contributed by atoms with Crippen LogP contribution >= 0.6 is 0 Å². The van der Waals surface area contributed by atoms with Gasteiger partial charge in [-0.1, -0.05) is 0 Å². The highest BCUT2D eigenvalue weighted by Gasteiger charge is 2.43. The number of carbonyl (C=O) groups is 1. The Balaban J connectivity index is 0.983. The summed E-state index contributed by atoms with van der Waals surface area (Å²) in [7, 11) is 1.62. The van der Waals surface area contributed by atoms with Gasteiger partial charge in [-0.05, 0) is 72.7 Å². The Morgan fingerprint density at radius 1 is 0.980 bits per heavy atom. The van der Waals surface area contributed by atoms with Crippen molar-refractivity contribution in [1.82, 2.24) is 24.2 Å². The van der Waals surface area contributed by atoms with Gasteiger partial charge >= 0.3 is 0 Å². The van der Waals surface area contributed by atoms with Crippen LogP contribution in [0.25, 0.3) is 11.1 Å². The van der Waals surface area contributed by atoms with E-state index in [9.17, 15) is 14.7 Å². The third-order valence-electron chi connectivity index (χ3n) is 11.3. The van der Waals surface area contributed by atoms with Gasteiger partial charge in [0.1, 0.15) is 17.2 Å². The highest BCUT2D eigenvalue weighted by molar-refractivity contribution is 6.07. The molecule has 5 aliphatic rings. The first-order valence-electron chi connectivity index (χ1n) is 17.2. The fourth-order valence-electron chi connectivity index (χ4n) is 8.65. The van der Waals surface area contributed by atoms with Crippen molar-refractivity contribution >= 4 is 28.9 Å². The fraction of sp³-hybridized carbons (Fsp3) is 0.444. The number of hydrogen-bond donors (Lipinski definition) is 2. The normalized spacial score (nSPS) is 22.0. The minimum Gasteiger partial charge on any atom is -0.392 e. The molecule has 3 fully saturated rings. The molecule has 3 aliphatic heterocycles. The molecule has 1 aromatic carbocycles. The summed E-state index contributed by atoms with van der Waals surface area (Å²) in [6, 6.07) is 10.5. The third kappa shape index (κ3) is 5.05. The van der Waals surface area contributed by atoms with E-state index in [1.165, 1.54) is 47.2 Å². The van der Waals surface area contributed by atoms with Crippen LogP contribution in [0.5, 0.6) is 0 Å². The highest BCUT2D eigenvalue weighted by atomic mass is 19.1. The Bertz CT molecular complexity index is 2010. The number of fused-ring (bicyclic) bond motifs is 7. The van der Waals surface area contributed by atoms with Gasteiger partial charge in [-0.25, -0.2) is 4.39 Å². The number of amides is 1. The molecule has 254 valence electrons. The van der Waals surface area contributed by atoms with Crippen molar-refractivity contribution in [1.29, 1.82) is 0 Å². The molecule has 4 aromatic rings. The second-order valence-electron chi connectivity index (χ2n) is 14.0. The van der Waals surface area contributed by atoms with Crippen LogP contribution in [-0.2, 0) is 24.9 Å². The van der Waals surface area contributed by atoms with E-state index >= 15 is 4.39 Å². The highest BCUT2D eigenvalue weighted by Crippen LogP contribution is 2.54. The largest absolute Gasteiger partial charge is 0.392 e. The molecule has 0 spiro atoms. The Morgan fingerprint density at radius 2 is 1.80 bits per heavy atom. The zero-order valence-corrected chi connectivity index (χ0v) is 27.4. The predicted molar refractivity (Wildman–Crippen MR) is 182 cm³/mol. The minimum absolute atomic E-state index is 0.189. The summed E-state index contributed by atoms with van der Waals surface area (Å²) in [5.41, 5.74) is 4.83. The van der Waals surface area contributed by atoms with Crippen LogP contribution in [-0.4, -0.2) is 87.2 Å². The maximum absolute atomic E-state index is 15.4. The van der Waals surface area contributed by atoms with Crippen molar-refractivity contribution in [3.05, 3.63) is 81.3 Å². The number of hydrogen-bond acceptors (Lipinski definition) is 9. The Kier molecular flexibility index (Phi) is 7.32. The molecule has 1 amide bonds. The maximum atomic E-state index is 15.4. The van der Waals surface area contributed by atoms with E-state index in [2.05, 4.69) is 29.9 Å². The first-order chi connectivity index (χ1) is 23.9. The summed E-state index contributed by atoms with van der Waals surface area (Å²) in [6.07, 6.45) is 5.13. The first-order valence-corrected chi connectivity index (χ1v) is 17.2. The molecule has 0 radical (unpaired) electrons. The molecule has 2 bridgehead atoms. The van der Waals surface area contributed by atoms with Gasteiger partial charge in [0.15, 0.2) is 11.6 Å². The number of benzene rings is 1. The topological polar surface area (TPSA) is 121 Å². The number of rotatable bonds is 7. The molecule has 1 saturated carbocycles. The van der Waals surface area contributed by atoms with Gasteiger partial charge in [-0.15, -0.1) is 10.2 Å². The molecule has 13 heteroatoms. The van der Waals surface area contributed by atoms with E-state index < -0.39 is 12.4 Å². The monoisotopic (exact) mass is 666 g/mol.